The van der Waals surface area contributed by atoms with E-state index in [9.17, 15) is 14.4 Å². The molecule has 1 N–H and O–H groups in total. The summed E-state index contributed by atoms with van der Waals surface area (Å²) in [4.78, 5) is 39.7. The molecular weight excluding hydrogens is 416 g/mol. The normalized spacial score (nSPS) is 11.1. The first-order chi connectivity index (χ1) is 15.9. The van der Waals surface area contributed by atoms with Crippen molar-refractivity contribution in [2.75, 3.05) is 5.32 Å². The largest absolute Gasteiger partial charge is 0.439 e. The quantitative estimate of drug-likeness (QED) is 0.405. The van der Waals surface area contributed by atoms with E-state index in [-0.39, 0.29) is 22.2 Å². The predicted molar refractivity (Wildman–Crippen MR) is 129 cm³/mol. The molecule has 0 saturated heterocycles. The zero-order valence-corrected chi connectivity index (χ0v) is 18.1. The first-order valence-electron chi connectivity index (χ1n) is 10.5. The Hall–Kier alpha value is -4.45. The second-order valence-corrected chi connectivity index (χ2v) is 8.00. The molecule has 2 aromatic heterocycles. The topological polar surface area (TPSA) is 81.3 Å². The van der Waals surface area contributed by atoms with Gasteiger partial charge in [0.25, 0.3) is 11.5 Å². The average molecular weight is 436 g/mol. The van der Waals surface area contributed by atoms with Crippen molar-refractivity contribution in [3.8, 4) is 5.69 Å². The third-order valence-corrected chi connectivity index (χ3v) is 5.56. The molecule has 33 heavy (non-hydrogen) atoms. The number of fused-ring (bicyclic) bond motifs is 2. The fraction of sp³-hybridized carbons (Fsp3) is 0.0741. The highest BCUT2D eigenvalue weighted by Crippen LogP contribution is 2.23. The number of nitrogens with one attached hydrogen (secondary N) is 1. The average Bonchev–Trinajstić information content (AvgIpc) is 2.82. The van der Waals surface area contributed by atoms with Crippen molar-refractivity contribution in [3.05, 3.63) is 116 Å². The highest BCUT2D eigenvalue weighted by Gasteiger charge is 2.19. The molecule has 0 aliphatic heterocycles. The van der Waals surface area contributed by atoms with Crippen LogP contribution in [-0.4, -0.2) is 10.5 Å². The fourth-order valence-electron chi connectivity index (χ4n) is 3.83. The highest BCUT2D eigenvalue weighted by molar-refractivity contribution is 6.05. The van der Waals surface area contributed by atoms with E-state index < -0.39 is 11.5 Å². The van der Waals surface area contributed by atoms with Gasteiger partial charge in [-0.05, 0) is 56.3 Å². The highest BCUT2D eigenvalue weighted by atomic mass is 16.3. The van der Waals surface area contributed by atoms with Gasteiger partial charge in [-0.15, -0.1) is 0 Å². The molecule has 0 aliphatic carbocycles. The Morgan fingerprint density at radius 2 is 1.52 bits per heavy atom. The number of hydrogen-bond acceptors (Lipinski definition) is 4. The van der Waals surface area contributed by atoms with Crippen molar-refractivity contribution < 1.29 is 9.21 Å². The number of carbonyl (C=O) groups excluding carboxylic acids is 1. The summed E-state index contributed by atoms with van der Waals surface area (Å²) in [5.41, 5.74) is 2.61. The Kier molecular flexibility index (Phi) is 4.90. The molecule has 2 heterocycles. The minimum atomic E-state index is -0.495. The molecule has 0 bridgehead atoms. The number of benzene rings is 3. The molecule has 5 aromatic rings. The smallest absolute Gasteiger partial charge is 0.281 e. The molecule has 1 amide bonds. The Labute approximate surface area is 188 Å². The summed E-state index contributed by atoms with van der Waals surface area (Å²) >= 11 is 0. The zero-order valence-electron chi connectivity index (χ0n) is 18.1. The Bertz CT molecular complexity index is 1650. The summed E-state index contributed by atoms with van der Waals surface area (Å²) in [7, 11) is 0. The maximum atomic E-state index is 13.5. The lowest BCUT2D eigenvalue weighted by Crippen LogP contribution is -2.26. The number of amides is 1. The van der Waals surface area contributed by atoms with E-state index in [0.717, 1.165) is 11.1 Å². The second kappa shape index (κ2) is 7.91. The van der Waals surface area contributed by atoms with Crippen LogP contribution in [-0.2, 0) is 0 Å². The van der Waals surface area contributed by atoms with Gasteiger partial charge in [0.1, 0.15) is 11.3 Å². The van der Waals surface area contributed by atoms with Crippen molar-refractivity contribution in [3.63, 3.8) is 0 Å². The number of aromatic nitrogens is 1. The second-order valence-electron chi connectivity index (χ2n) is 8.00. The number of nitrogens with zero attached hydrogens (tertiary/aromatic N) is 1. The molecule has 0 spiro atoms. The van der Waals surface area contributed by atoms with Gasteiger partial charge in [-0.25, -0.2) is 4.57 Å². The van der Waals surface area contributed by atoms with Gasteiger partial charge in [0.05, 0.1) is 16.5 Å². The standard InChI is InChI=1S/C27H20N2O4/c1-16-8-11-19(12-9-16)29-26(32)22(28-25(31)18-6-4-3-5-7-18)15-21-24(30)20-14-17(2)10-13-23(20)33-27(21)29/h3-15H,1-2H3,(H,28,31). The van der Waals surface area contributed by atoms with Gasteiger partial charge >= 0.3 is 0 Å². The Morgan fingerprint density at radius 3 is 2.24 bits per heavy atom. The van der Waals surface area contributed by atoms with E-state index in [1.807, 2.05) is 32.0 Å². The lowest BCUT2D eigenvalue weighted by Gasteiger charge is -2.14. The zero-order chi connectivity index (χ0) is 23.1. The molecule has 0 fully saturated rings. The molecule has 3 aromatic carbocycles. The van der Waals surface area contributed by atoms with Gasteiger partial charge in [0.15, 0.2) is 0 Å². The lowest BCUT2D eigenvalue weighted by atomic mass is 10.1. The van der Waals surface area contributed by atoms with Crippen LogP contribution in [0, 0.1) is 13.8 Å². The number of pyridine rings is 1. The predicted octanol–water partition coefficient (Wildman–Crippen LogP) is 4.97. The Morgan fingerprint density at radius 1 is 0.818 bits per heavy atom. The molecule has 5 rings (SSSR count). The summed E-state index contributed by atoms with van der Waals surface area (Å²) in [6.07, 6.45) is 0. The summed E-state index contributed by atoms with van der Waals surface area (Å²) in [6.45, 7) is 3.83. The van der Waals surface area contributed by atoms with E-state index in [2.05, 4.69) is 5.32 Å². The third-order valence-electron chi connectivity index (χ3n) is 5.56. The Balaban J connectivity index is 1.82. The van der Waals surface area contributed by atoms with Crippen LogP contribution >= 0.6 is 0 Å². The van der Waals surface area contributed by atoms with E-state index >= 15 is 0 Å². The minimum Gasteiger partial charge on any atom is -0.439 e. The van der Waals surface area contributed by atoms with Gasteiger partial charge in [-0.3, -0.25) is 14.4 Å². The monoisotopic (exact) mass is 436 g/mol. The van der Waals surface area contributed by atoms with Crippen LogP contribution < -0.4 is 16.3 Å². The van der Waals surface area contributed by atoms with E-state index in [1.54, 1.807) is 54.6 Å². The van der Waals surface area contributed by atoms with E-state index in [0.29, 0.717) is 22.2 Å². The van der Waals surface area contributed by atoms with Crippen LogP contribution in [0.3, 0.4) is 0 Å². The van der Waals surface area contributed by atoms with Crippen molar-refractivity contribution in [1.82, 2.24) is 4.57 Å². The minimum absolute atomic E-state index is 0.00349. The van der Waals surface area contributed by atoms with Crippen molar-refractivity contribution in [1.29, 1.82) is 0 Å². The van der Waals surface area contributed by atoms with Crippen LogP contribution in [0.4, 0.5) is 5.69 Å². The summed E-state index contributed by atoms with van der Waals surface area (Å²) in [5, 5.41) is 3.29. The first kappa shape index (κ1) is 20.5. The van der Waals surface area contributed by atoms with Crippen molar-refractivity contribution in [2.24, 2.45) is 0 Å². The first-order valence-corrected chi connectivity index (χ1v) is 10.5. The van der Waals surface area contributed by atoms with Crippen LogP contribution in [0.25, 0.3) is 27.8 Å². The molecule has 0 saturated carbocycles. The van der Waals surface area contributed by atoms with Crippen LogP contribution in [0.15, 0.2) is 92.9 Å². The maximum Gasteiger partial charge on any atom is 0.281 e. The number of rotatable bonds is 3. The van der Waals surface area contributed by atoms with E-state index in [1.165, 1.54) is 10.6 Å². The van der Waals surface area contributed by atoms with Crippen LogP contribution in [0.2, 0.25) is 0 Å². The SMILES string of the molecule is Cc1ccc(-n2c(=O)c(NC(=O)c3ccccc3)cc3c(=O)c4cc(C)ccc4oc32)cc1. The molecule has 0 aliphatic rings. The molecule has 0 atom stereocenters. The number of anilines is 1. The van der Waals surface area contributed by atoms with Crippen LogP contribution in [0.1, 0.15) is 21.5 Å². The summed E-state index contributed by atoms with van der Waals surface area (Å²) in [6, 6.07) is 22.6. The van der Waals surface area contributed by atoms with Gasteiger partial charge in [-0.1, -0.05) is 47.5 Å². The molecule has 0 radical (unpaired) electrons. The molecule has 6 nitrogen and oxygen atoms in total. The third kappa shape index (κ3) is 3.61. The molecule has 162 valence electrons. The lowest BCUT2D eigenvalue weighted by molar-refractivity contribution is 0.102. The fourth-order valence-corrected chi connectivity index (χ4v) is 3.83. The molecule has 0 unspecified atom stereocenters. The van der Waals surface area contributed by atoms with E-state index in [4.69, 9.17) is 4.42 Å². The van der Waals surface area contributed by atoms with Gasteiger partial charge in [0, 0.05) is 5.56 Å². The van der Waals surface area contributed by atoms with Crippen molar-refractivity contribution >= 4 is 33.7 Å². The van der Waals surface area contributed by atoms with Crippen molar-refractivity contribution in [2.45, 2.75) is 13.8 Å². The number of carbonyl (C=O) groups is 1. The van der Waals surface area contributed by atoms with Gasteiger partial charge in [-0.2, -0.15) is 0 Å². The molecule has 6 heteroatoms. The number of hydrogen-bond donors (Lipinski definition) is 1. The number of aryl methyl sites for hydroxylation is 2. The summed E-state index contributed by atoms with van der Waals surface area (Å²) < 4.78 is 7.40. The van der Waals surface area contributed by atoms with Gasteiger partial charge < -0.3 is 9.73 Å². The summed E-state index contributed by atoms with van der Waals surface area (Å²) in [5.74, 6) is -0.441. The van der Waals surface area contributed by atoms with Gasteiger partial charge in [0.2, 0.25) is 11.1 Å². The van der Waals surface area contributed by atoms with Crippen LogP contribution in [0.5, 0.6) is 0 Å². The molecular formula is C27H20N2O4. The maximum absolute atomic E-state index is 13.5.